The zero-order chi connectivity index (χ0) is 13.5. The molecule has 5 heteroatoms. The van der Waals surface area contributed by atoms with Crippen molar-refractivity contribution in [2.75, 3.05) is 13.2 Å². The number of ether oxygens (including phenoxy) is 1. The molecule has 0 aliphatic heterocycles. The first kappa shape index (κ1) is 14.8. The number of amides is 1. The third-order valence-corrected chi connectivity index (χ3v) is 2.89. The van der Waals surface area contributed by atoms with Crippen molar-refractivity contribution in [3.63, 3.8) is 0 Å². The summed E-state index contributed by atoms with van der Waals surface area (Å²) >= 11 is 5.89. The van der Waals surface area contributed by atoms with Gasteiger partial charge in [-0.1, -0.05) is 11.6 Å². The van der Waals surface area contributed by atoms with Crippen molar-refractivity contribution in [2.45, 2.75) is 26.3 Å². The number of rotatable bonds is 6. The van der Waals surface area contributed by atoms with Gasteiger partial charge in [0.05, 0.1) is 0 Å². The Labute approximate surface area is 112 Å². The van der Waals surface area contributed by atoms with Gasteiger partial charge in [-0.2, -0.15) is 0 Å². The largest absolute Gasteiger partial charge is 0.484 e. The number of hydrogen-bond acceptors (Lipinski definition) is 3. The fourth-order valence-electron chi connectivity index (χ4n) is 1.44. The van der Waals surface area contributed by atoms with Crippen LogP contribution in [0.15, 0.2) is 18.2 Å². The van der Waals surface area contributed by atoms with E-state index < -0.39 is 0 Å². The van der Waals surface area contributed by atoms with Gasteiger partial charge in [-0.05, 0) is 44.0 Å². The number of carbonyl (C=O) groups excluding carboxylic acids is 1. The Balaban J connectivity index is 2.40. The minimum atomic E-state index is -0.205. The molecule has 0 bridgehead atoms. The molecule has 0 aliphatic carbocycles. The van der Waals surface area contributed by atoms with E-state index in [1.54, 1.807) is 18.2 Å². The van der Waals surface area contributed by atoms with Crippen LogP contribution in [0.25, 0.3) is 0 Å². The average Bonchev–Trinajstić information content (AvgIpc) is 2.31. The molecule has 0 fully saturated rings. The molecule has 18 heavy (non-hydrogen) atoms. The van der Waals surface area contributed by atoms with Crippen LogP contribution in [0.3, 0.4) is 0 Å². The second kappa shape index (κ2) is 7.24. The van der Waals surface area contributed by atoms with Gasteiger partial charge in [0, 0.05) is 17.7 Å². The molecule has 0 saturated carbocycles. The predicted molar refractivity (Wildman–Crippen MR) is 71.0 cm³/mol. The predicted octanol–water partition coefficient (Wildman–Crippen LogP) is 1.91. The smallest absolute Gasteiger partial charge is 0.258 e. The standard InChI is InChI=1S/C13H18ClNO3/c1-9-7-11(3-4-12(9)14)18-8-13(17)15-10(2)5-6-16/h3-4,7,10,16H,5-6,8H2,1-2H3,(H,15,17). The van der Waals surface area contributed by atoms with Crippen molar-refractivity contribution in [3.05, 3.63) is 28.8 Å². The number of benzene rings is 1. The summed E-state index contributed by atoms with van der Waals surface area (Å²) in [5, 5.41) is 12.1. The molecule has 1 unspecified atom stereocenters. The van der Waals surface area contributed by atoms with Gasteiger partial charge in [0.2, 0.25) is 0 Å². The van der Waals surface area contributed by atoms with Crippen LogP contribution in [-0.2, 0) is 4.79 Å². The Hall–Kier alpha value is -1.26. The van der Waals surface area contributed by atoms with E-state index in [9.17, 15) is 4.79 Å². The van der Waals surface area contributed by atoms with E-state index in [0.29, 0.717) is 17.2 Å². The lowest BCUT2D eigenvalue weighted by molar-refractivity contribution is -0.123. The van der Waals surface area contributed by atoms with Gasteiger partial charge in [0.25, 0.3) is 5.91 Å². The minimum Gasteiger partial charge on any atom is -0.484 e. The lowest BCUT2D eigenvalue weighted by atomic mass is 10.2. The maximum atomic E-state index is 11.5. The van der Waals surface area contributed by atoms with Crippen LogP contribution in [0.4, 0.5) is 0 Å². The SMILES string of the molecule is Cc1cc(OCC(=O)NC(C)CCO)ccc1Cl. The van der Waals surface area contributed by atoms with Crippen LogP contribution >= 0.6 is 11.6 Å². The number of hydrogen-bond donors (Lipinski definition) is 2. The maximum Gasteiger partial charge on any atom is 0.258 e. The lowest BCUT2D eigenvalue weighted by Crippen LogP contribution is -2.36. The summed E-state index contributed by atoms with van der Waals surface area (Å²) in [7, 11) is 0. The quantitative estimate of drug-likeness (QED) is 0.831. The van der Waals surface area contributed by atoms with Gasteiger partial charge >= 0.3 is 0 Å². The number of nitrogens with one attached hydrogen (secondary N) is 1. The van der Waals surface area contributed by atoms with E-state index in [0.717, 1.165) is 5.56 Å². The third-order valence-electron chi connectivity index (χ3n) is 2.47. The van der Waals surface area contributed by atoms with Gasteiger partial charge < -0.3 is 15.2 Å². The van der Waals surface area contributed by atoms with Crippen LogP contribution in [0, 0.1) is 6.92 Å². The lowest BCUT2D eigenvalue weighted by Gasteiger charge is -2.13. The topological polar surface area (TPSA) is 58.6 Å². The second-order valence-electron chi connectivity index (χ2n) is 4.18. The average molecular weight is 272 g/mol. The van der Waals surface area contributed by atoms with E-state index in [4.69, 9.17) is 21.4 Å². The number of aryl methyl sites for hydroxylation is 1. The summed E-state index contributed by atoms with van der Waals surface area (Å²) < 4.78 is 5.35. The van der Waals surface area contributed by atoms with Crippen molar-refractivity contribution in [2.24, 2.45) is 0 Å². The maximum absolute atomic E-state index is 11.5. The first-order valence-electron chi connectivity index (χ1n) is 5.82. The van der Waals surface area contributed by atoms with E-state index >= 15 is 0 Å². The molecule has 0 heterocycles. The minimum absolute atomic E-state index is 0.0448. The Kier molecular flexibility index (Phi) is 5.95. The van der Waals surface area contributed by atoms with Crippen LogP contribution < -0.4 is 10.1 Å². The molecule has 1 rings (SSSR count). The van der Waals surface area contributed by atoms with Crippen LogP contribution in [0.5, 0.6) is 5.75 Å². The summed E-state index contributed by atoms with van der Waals surface area (Å²) in [4.78, 5) is 11.5. The molecule has 1 amide bonds. The van der Waals surface area contributed by atoms with Gasteiger partial charge in [-0.25, -0.2) is 0 Å². The Morgan fingerprint density at radius 2 is 2.28 bits per heavy atom. The molecule has 2 N–H and O–H groups in total. The molecular weight excluding hydrogens is 254 g/mol. The van der Waals surface area contributed by atoms with Crippen LogP contribution in [0.2, 0.25) is 5.02 Å². The molecule has 0 aromatic heterocycles. The number of halogens is 1. The fraction of sp³-hybridized carbons (Fsp3) is 0.462. The molecule has 1 aromatic carbocycles. The van der Waals surface area contributed by atoms with Crippen LogP contribution in [0.1, 0.15) is 18.9 Å². The number of aliphatic hydroxyl groups is 1. The Morgan fingerprint density at radius 1 is 1.56 bits per heavy atom. The van der Waals surface area contributed by atoms with Crippen molar-refractivity contribution in [3.8, 4) is 5.75 Å². The highest BCUT2D eigenvalue weighted by Gasteiger charge is 2.07. The van der Waals surface area contributed by atoms with E-state index in [-0.39, 0.29) is 25.2 Å². The third kappa shape index (κ3) is 4.94. The monoisotopic (exact) mass is 271 g/mol. The van der Waals surface area contributed by atoms with Gasteiger partial charge in [-0.15, -0.1) is 0 Å². The second-order valence-corrected chi connectivity index (χ2v) is 4.59. The van der Waals surface area contributed by atoms with Gasteiger partial charge in [0.1, 0.15) is 5.75 Å². The van der Waals surface area contributed by atoms with Crippen LogP contribution in [-0.4, -0.2) is 30.3 Å². The molecule has 4 nitrogen and oxygen atoms in total. The van der Waals surface area contributed by atoms with Crippen molar-refractivity contribution in [1.82, 2.24) is 5.32 Å². The number of carbonyl (C=O) groups is 1. The van der Waals surface area contributed by atoms with E-state index in [2.05, 4.69) is 5.32 Å². The summed E-state index contributed by atoms with van der Waals surface area (Å²) in [6.45, 7) is 3.72. The molecule has 0 saturated heterocycles. The molecular formula is C13H18ClNO3. The van der Waals surface area contributed by atoms with Crippen molar-refractivity contribution in [1.29, 1.82) is 0 Å². The normalized spacial score (nSPS) is 12.0. The molecule has 0 radical (unpaired) electrons. The Bertz CT molecular complexity index is 409. The molecule has 1 atom stereocenters. The first-order valence-corrected chi connectivity index (χ1v) is 6.20. The summed E-state index contributed by atoms with van der Waals surface area (Å²) in [5.74, 6) is 0.408. The zero-order valence-electron chi connectivity index (χ0n) is 10.6. The van der Waals surface area contributed by atoms with Crippen molar-refractivity contribution < 1.29 is 14.6 Å². The molecule has 0 spiro atoms. The fourth-order valence-corrected chi connectivity index (χ4v) is 1.56. The van der Waals surface area contributed by atoms with Gasteiger partial charge in [-0.3, -0.25) is 4.79 Å². The molecule has 1 aromatic rings. The summed E-state index contributed by atoms with van der Waals surface area (Å²) in [6, 6.07) is 5.18. The Morgan fingerprint density at radius 3 is 2.89 bits per heavy atom. The molecule has 100 valence electrons. The van der Waals surface area contributed by atoms with E-state index in [1.807, 2.05) is 13.8 Å². The highest BCUT2D eigenvalue weighted by Crippen LogP contribution is 2.20. The number of aliphatic hydroxyl groups excluding tert-OH is 1. The zero-order valence-corrected chi connectivity index (χ0v) is 11.3. The highest BCUT2D eigenvalue weighted by atomic mass is 35.5. The highest BCUT2D eigenvalue weighted by molar-refractivity contribution is 6.31. The summed E-state index contributed by atoms with van der Waals surface area (Å²) in [5.41, 5.74) is 0.906. The van der Waals surface area contributed by atoms with Crippen molar-refractivity contribution >= 4 is 17.5 Å². The first-order chi connectivity index (χ1) is 8.52. The molecule has 0 aliphatic rings. The summed E-state index contributed by atoms with van der Waals surface area (Å²) in [6.07, 6.45) is 0.534. The van der Waals surface area contributed by atoms with Gasteiger partial charge in [0.15, 0.2) is 6.61 Å². The van der Waals surface area contributed by atoms with E-state index in [1.165, 1.54) is 0 Å².